The van der Waals surface area contributed by atoms with Gasteiger partial charge in [-0.15, -0.1) is 0 Å². The minimum atomic E-state index is -0.430. The summed E-state index contributed by atoms with van der Waals surface area (Å²) in [6, 6.07) is 0. The third-order valence-electron chi connectivity index (χ3n) is 5.39. The van der Waals surface area contributed by atoms with Gasteiger partial charge in [-0.3, -0.25) is 0 Å². The summed E-state index contributed by atoms with van der Waals surface area (Å²) in [6.07, 6.45) is 6.81. The molecule has 0 atom stereocenters. The van der Waals surface area contributed by atoms with Crippen LogP contribution in [0.4, 0.5) is 4.79 Å². The first-order chi connectivity index (χ1) is 10.2. The van der Waals surface area contributed by atoms with E-state index in [2.05, 4.69) is 0 Å². The van der Waals surface area contributed by atoms with Gasteiger partial charge in [0.1, 0.15) is 5.60 Å². The average Bonchev–Trinajstić information content (AvgIpc) is 2.42. The summed E-state index contributed by atoms with van der Waals surface area (Å²) in [7, 11) is 0. The van der Waals surface area contributed by atoms with Gasteiger partial charge in [0.15, 0.2) is 0 Å². The van der Waals surface area contributed by atoms with Gasteiger partial charge in [0.05, 0.1) is 0 Å². The number of aliphatic hydroxyl groups excluding tert-OH is 1. The van der Waals surface area contributed by atoms with Crippen molar-refractivity contribution in [1.29, 1.82) is 0 Å². The Morgan fingerprint density at radius 3 is 2.14 bits per heavy atom. The molecule has 0 unspecified atom stereocenters. The number of aliphatic hydroxyl groups is 1. The standard InChI is InChI=1S/C17H32N2O3/c1-15(2,3)22-14(21)19-11-8-16(9-12-19)4-6-17(18,7-5-16)10-13-20/h20H,4-13,18H2,1-3H3. The fourth-order valence-corrected chi connectivity index (χ4v) is 3.74. The first-order valence-corrected chi connectivity index (χ1v) is 8.55. The fraction of sp³-hybridized carbons (Fsp3) is 0.941. The summed E-state index contributed by atoms with van der Waals surface area (Å²) >= 11 is 0. The van der Waals surface area contributed by atoms with Crippen LogP contribution in [0.2, 0.25) is 0 Å². The second kappa shape index (κ2) is 6.36. The minimum absolute atomic E-state index is 0.177. The van der Waals surface area contributed by atoms with Gasteiger partial charge >= 0.3 is 6.09 Å². The maximum absolute atomic E-state index is 12.1. The van der Waals surface area contributed by atoms with Crippen LogP contribution in [0.5, 0.6) is 0 Å². The summed E-state index contributed by atoms with van der Waals surface area (Å²) < 4.78 is 5.46. The molecule has 1 amide bonds. The monoisotopic (exact) mass is 312 g/mol. The quantitative estimate of drug-likeness (QED) is 0.822. The van der Waals surface area contributed by atoms with E-state index in [4.69, 9.17) is 15.6 Å². The predicted molar refractivity (Wildman–Crippen MR) is 86.6 cm³/mol. The maximum Gasteiger partial charge on any atom is 0.410 e. The fourth-order valence-electron chi connectivity index (χ4n) is 3.74. The van der Waals surface area contributed by atoms with Crippen molar-refractivity contribution in [2.45, 2.75) is 76.9 Å². The lowest BCUT2D eigenvalue weighted by Gasteiger charge is -2.48. The molecule has 2 fully saturated rings. The maximum atomic E-state index is 12.1. The summed E-state index contributed by atoms with van der Waals surface area (Å²) in [5, 5.41) is 9.14. The number of nitrogens with zero attached hydrogens (tertiary/aromatic N) is 1. The van der Waals surface area contributed by atoms with E-state index in [1.54, 1.807) is 0 Å². The Hall–Kier alpha value is -0.810. The smallest absolute Gasteiger partial charge is 0.410 e. The molecule has 2 rings (SSSR count). The Morgan fingerprint density at radius 1 is 1.14 bits per heavy atom. The Balaban J connectivity index is 1.84. The number of nitrogens with two attached hydrogens (primary N) is 1. The van der Waals surface area contributed by atoms with Crippen LogP contribution in [0.15, 0.2) is 0 Å². The van der Waals surface area contributed by atoms with E-state index in [1.165, 1.54) is 0 Å². The van der Waals surface area contributed by atoms with Gasteiger partial charge in [-0.25, -0.2) is 4.79 Å². The van der Waals surface area contributed by atoms with Crippen molar-refractivity contribution in [1.82, 2.24) is 4.90 Å². The lowest BCUT2D eigenvalue weighted by atomic mass is 9.63. The van der Waals surface area contributed by atoms with E-state index < -0.39 is 5.60 Å². The van der Waals surface area contributed by atoms with Crippen molar-refractivity contribution in [3.8, 4) is 0 Å². The van der Waals surface area contributed by atoms with Gasteiger partial charge in [-0.1, -0.05) is 0 Å². The number of amides is 1. The minimum Gasteiger partial charge on any atom is -0.444 e. The SMILES string of the molecule is CC(C)(C)OC(=O)N1CCC2(CC1)CCC(N)(CCO)CC2. The Kier molecular flexibility index (Phi) is 5.07. The first kappa shape index (κ1) is 17.5. The number of rotatable bonds is 2. The van der Waals surface area contributed by atoms with Crippen molar-refractivity contribution < 1.29 is 14.6 Å². The molecule has 1 aliphatic carbocycles. The molecule has 5 heteroatoms. The number of likely N-dealkylation sites (tertiary alicyclic amines) is 1. The molecule has 1 heterocycles. The number of piperidine rings is 1. The van der Waals surface area contributed by atoms with Crippen LogP contribution < -0.4 is 5.73 Å². The van der Waals surface area contributed by atoms with Gasteiger partial charge in [-0.2, -0.15) is 0 Å². The van der Waals surface area contributed by atoms with Crippen molar-refractivity contribution in [2.24, 2.45) is 11.1 Å². The van der Waals surface area contributed by atoms with Crippen LogP contribution in [0.25, 0.3) is 0 Å². The first-order valence-electron chi connectivity index (χ1n) is 8.55. The van der Waals surface area contributed by atoms with E-state index in [0.717, 1.165) is 51.6 Å². The highest BCUT2D eigenvalue weighted by Crippen LogP contribution is 2.47. The summed E-state index contributed by atoms with van der Waals surface area (Å²) in [6.45, 7) is 7.45. The third-order valence-corrected chi connectivity index (χ3v) is 5.39. The van der Waals surface area contributed by atoms with Crippen LogP contribution in [0.1, 0.15) is 65.7 Å². The molecule has 1 spiro atoms. The molecule has 0 aromatic rings. The van der Waals surface area contributed by atoms with Crippen molar-refractivity contribution in [3.63, 3.8) is 0 Å². The Morgan fingerprint density at radius 2 is 1.68 bits per heavy atom. The predicted octanol–water partition coefficient (Wildman–Crippen LogP) is 2.66. The molecule has 0 radical (unpaired) electrons. The van der Waals surface area contributed by atoms with E-state index in [9.17, 15) is 4.79 Å². The zero-order chi connectivity index (χ0) is 16.4. The van der Waals surface area contributed by atoms with E-state index in [1.807, 2.05) is 25.7 Å². The van der Waals surface area contributed by atoms with E-state index in [0.29, 0.717) is 11.8 Å². The molecule has 1 saturated carbocycles. The zero-order valence-corrected chi connectivity index (χ0v) is 14.4. The van der Waals surface area contributed by atoms with Gasteiger partial charge in [0, 0.05) is 25.2 Å². The van der Waals surface area contributed by atoms with Gasteiger partial charge in [0.25, 0.3) is 0 Å². The van der Waals surface area contributed by atoms with Crippen LogP contribution in [-0.4, -0.2) is 46.9 Å². The van der Waals surface area contributed by atoms with Crippen molar-refractivity contribution >= 4 is 6.09 Å². The van der Waals surface area contributed by atoms with E-state index >= 15 is 0 Å². The molecule has 5 nitrogen and oxygen atoms in total. The highest BCUT2D eigenvalue weighted by molar-refractivity contribution is 5.68. The molecule has 0 aromatic heterocycles. The molecule has 22 heavy (non-hydrogen) atoms. The Bertz CT molecular complexity index is 385. The van der Waals surface area contributed by atoms with Crippen molar-refractivity contribution in [3.05, 3.63) is 0 Å². The van der Waals surface area contributed by atoms with Gasteiger partial charge in [-0.05, 0) is 71.1 Å². The number of carbonyl (C=O) groups excluding carboxylic acids is 1. The molecular formula is C17H32N2O3. The molecule has 0 aromatic carbocycles. The van der Waals surface area contributed by atoms with Crippen LogP contribution >= 0.6 is 0 Å². The second-order valence-electron chi connectivity index (χ2n) is 8.30. The van der Waals surface area contributed by atoms with Crippen LogP contribution in [0, 0.1) is 5.41 Å². The zero-order valence-electron chi connectivity index (χ0n) is 14.4. The third kappa shape index (κ3) is 4.35. The van der Waals surface area contributed by atoms with E-state index in [-0.39, 0.29) is 18.2 Å². The molecule has 0 bridgehead atoms. The molecule has 128 valence electrons. The van der Waals surface area contributed by atoms with Gasteiger partial charge < -0.3 is 20.5 Å². The Labute approximate surface area is 134 Å². The van der Waals surface area contributed by atoms with Crippen LogP contribution in [0.3, 0.4) is 0 Å². The summed E-state index contributed by atoms with van der Waals surface area (Å²) in [5.74, 6) is 0. The molecule has 2 aliphatic rings. The molecule has 1 aliphatic heterocycles. The normalized spacial score (nSPS) is 24.3. The molecular weight excluding hydrogens is 280 g/mol. The largest absolute Gasteiger partial charge is 0.444 e. The number of ether oxygens (including phenoxy) is 1. The topological polar surface area (TPSA) is 75.8 Å². The summed E-state index contributed by atoms with van der Waals surface area (Å²) in [4.78, 5) is 14.0. The summed E-state index contributed by atoms with van der Waals surface area (Å²) in [5.41, 5.74) is 6.10. The molecule has 3 N–H and O–H groups in total. The van der Waals surface area contributed by atoms with Gasteiger partial charge in [0.2, 0.25) is 0 Å². The van der Waals surface area contributed by atoms with Crippen molar-refractivity contribution in [2.75, 3.05) is 19.7 Å². The lowest BCUT2D eigenvalue weighted by Crippen LogP contribution is -2.51. The molecule has 1 saturated heterocycles. The highest BCUT2D eigenvalue weighted by Gasteiger charge is 2.43. The number of hydrogen-bond donors (Lipinski definition) is 2. The number of carbonyl (C=O) groups is 1. The second-order valence-corrected chi connectivity index (χ2v) is 8.30. The highest BCUT2D eigenvalue weighted by atomic mass is 16.6. The van der Waals surface area contributed by atoms with Crippen LogP contribution in [-0.2, 0) is 4.74 Å². The average molecular weight is 312 g/mol. The number of hydrogen-bond acceptors (Lipinski definition) is 4. The lowest BCUT2D eigenvalue weighted by molar-refractivity contribution is -0.00157.